The monoisotopic (exact) mass is 378 g/mol. The molecule has 7 heteroatoms. The molecule has 6 nitrogen and oxygen atoms in total. The molecule has 0 fully saturated rings. The number of benzene rings is 3. The molecule has 3 aromatic carbocycles. The molecule has 4 rings (SSSR count). The van der Waals surface area contributed by atoms with Crippen molar-refractivity contribution in [2.24, 2.45) is 5.84 Å². The van der Waals surface area contributed by atoms with Crippen LogP contribution in [0.25, 0.3) is 16.6 Å². The summed E-state index contributed by atoms with van der Waals surface area (Å²) in [5.41, 5.74) is 3.18. The predicted octanol–water partition coefficient (Wildman–Crippen LogP) is 4.12. The van der Waals surface area contributed by atoms with Crippen LogP contribution in [0.4, 0.5) is 5.95 Å². The van der Waals surface area contributed by atoms with Gasteiger partial charge in [0.2, 0.25) is 5.95 Å². The Balaban J connectivity index is 1.97. The summed E-state index contributed by atoms with van der Waals surface area (Å²) in [5, 5.41) is 0.913. The first kappa shape index (κ1) is 17.1. The van der Waals surface area contributed by atoms with E-state index in [4.69, 9.17) is 22.2 Å². The summed E-state index contributed by atoms with van der Waals surface area (Å²) in [4.78, 5) is 17.6. The van der Waals surface area contributed by atoms with Crippen molar-refractivity contribution in [3.05, 3.63) is 88.2 Å². The number of halogens is 1. The van der Waals surface area contributed by atoms with E-state index >= 15 is 0 Å². The average Bonchev–Trinajstić information content (AvgIpc) is 2.70. The highest BCUT2D eigenvalue weighted by molar-refractivity contribution is 6.30. The van der Waals surface area contributed by atoms with Crippen LogP contribution in [0, 0.1) is 0 Å². The minimum Gasteiger partial charge on any atom is -0.455 e. The predicted molar refractivity (Wildman–Crippen MR) is 107 cm³/mol. The van der Waals surface area contributed by atoms with Gasteiger partial charge in [0.1, 0.15) is 5.75 Å². The maximum Gasteiger partial charge on any atom is 0.267 e. The Kier molecular flexibility index (Phi) is 4.50. The van der Waals surface area contributed by atoms with E-state index in [1.807, 2.05) is 36.4 Å². The Morgan fingerprint density at radius 3 is 2.52 bits per heavy atom. The molecule has 134 valence electrons. The second-order valence-corrected chi connectivity index (χ2v) is 6.20. The summed E-state index contributed by atoms with van der Waals surface area (Å²) in [6, 6.07) is 21.3. The molecule has 0 aliphatic heterocycles. The minimum atomic E-state index is -0.284. The number of ether oxygens (including phenoxy) is 1. The number of anilines is 1. The van der Waals surface area contributed by atoms with Gasteiger partial charge in [-0.25, -0.2) is 15.4 Å². The van der Waals surface area contributed by atoms with Crippen LogP contribution in [-0.2, 0) is 0 Å². The van der Waals surface area contributed by atoms with Gasteiger partial charge in [-0.15, -0.1) is 0 Å². The van der Waals surface area contributed by atoms with Crippen LogP contribution in [0.5, 0.6) is 11.5 Å². The smallest absolute Gasteiger partial charge is 0.267 e. The van der Waals surface area contributed by atoms with Crippen LogP contribution in [0.1, 0.15) is 0 Å². The number of nitrogens with zero attached hydrogens (tertiary/aromatic N) is 2. The molecule has 0 spiro atoms. The maximum absolute atomic E-state index is 13.2. The van der Waals surface area contributed by atoms with Crippen molar-refractivity contribution in [3.8, 4) is 17.2 Å². The Bertz CT molecular complexity index is 1180. The van der Waals surface area contributed by atoms with Crippen LogP contribution < -0.4 is 21.6 Å². The molecule has 27 heavy (non-hydrogen) atoms. The van der Waals surface area contributed by atoms with Crippen molar-refractivity contribution >= 4 is 28.5 Å². The zero-order valence-corrected chi connectivity index (χ0v) is 14.9. The van der Waals surface area contributed by atoms with E-state index in [0.29, 0.717) is 33.1 Å². The van der Waals surface area contributed by atoms with Crippen molar-refractivity contribution in [3.63, 3.8) is 0 Å². The zero-order valence-electron chi connectivity index (χ0n) is 14.1. The number of aromatic nitrogens is 2. The van der Waals surface area contributed by atoms with E-state index < -0.39 is 0 Å². The average molecular weight is 379 g/mol. The molecule has 0 bridgehead atoms. The summed E-state index contributed by atoms with van der Waals surface area (Å²) in [6.45, 7) is 0. The maximum atomic E-state index is 13.2. The van der Waals surface area contributed by atoms with E-state index in [0.717, 1.165) is 0 Å². The first-order chi connectivity index (χ1) is 13.2. The van der Waals surface area contributed by atoms with Crippen LogP contribution in [0.3, 0.4) is 0 Å². The minimum absolute atomic E-state index is 0.180. The number of hydrazine groups is 1. The van der Waals surface area contributed by atoms with Gasteiger partial charge in [0.05, 0.1) is 16.6 Å². The van der Waals surface area contributed by atoms with Gasteiger partial charge in [0.25, 0.3) is 5.56 Å². The molecule has 0 aliphatic carbocycles. The fourth-order valence-corrected chi connectivity index (χ4v) is 2.99. The number of para-hydroxylation sites is 2. The molecule has 0 saturated carbocycles. The summed E-state index contributed by atoms with van der Waals surface area (Å²) in [6.07, 6.45) is 0. The number of hydrogen-bond donors (Lipinski definition) is 2. The summed E-state index contributed by atoms with van der Waals surface area (Å²) in [7, 11) is 0. The van der Waals surface area contributed by atoms with Crippen molar-refractivity contribution in [1.29, 1.82) is 0 Å². The van der Waals surface area contributed by atoms with Gasteiger partial charge in [-0.05, 0) is 42.5 Å². The van der Waals surface area contributed by atoms with Crippen molar-refractivity contribution in [1.82, 2.24) is 9.55 Å². The molecule has 1 aromatic heterocycles. The molecule has 0 aliphatic rings. The van der Waals surface area contributed by atoms with Crippen LogP contribution in [-0.4, -0.2) is 9.55 Å². The molecule has 0 atom stereocenters. The van der Waals surface area contributed by atoms with Crippen molar-refractivity contribution in [2.75, 3.05) is 5.43 Å². The Hall–Kier alpha value is -3.35. The van der Waals surface area contributed by atoms with Gasteiger partial charge in [-0.3, -0.25) is 10.2 Å². The lowest BCUT2D eigenvalue weighted by Crippen LogP contribution is -2.26. The lowest BCUT2D eigenvalue weighted by molar-refractivity contribution is 0.479. The van der Waals surface area contributed by atoms with Crippen molar-refractivity contribution < 1.29 is 4.74 Å². The quantitative estimate of drug-likeness (QED) is 0.412. The van der Waals surface area contributed by atoms with Gasteiger partial charge >= 0.3 is 0 Å². The fourth-order valence-electron chi connectivity index (χ4n) is 2.82. The first-order valence-corrected chi connectivity index (χ1v) is 8.56. The highest BCUT2D eigenvalue weighted by Crippen LogP contribution is 2.31. The molecule has 4 aromatic rings. The first-order valence-electron chi connectivity index (χ1n) is 8.18. The van der Waals surface area contributed by atoms with Gasteiger partial charge in [0, 0.05) is 5.02 Å². The van der Waals surface area contributed by atoms with Gasteiger partial charge < -0.3 is 4.74 Å². The van der Waals surface area contributed by atoms with Gasteiger partial charge in [-0.1, -0.05) is 41.9 Å². The second kappa shape index (κ2) is 7.11. The van der Waals surface area contributed by atoms with E-state index in [1.54, 1.807) is 36.4 Å². The van der Waals surface area contributed by atoms with Crippen LogP contribution in [0.2, 0.25) is 5.02 Å². The molecule has 3 N–H and O–H groups in total. The fraction of sp³-hybridized carbons (Fsp3) is 0. The van der Waals surface area contributed by atoms with Crippen LogP contribution in [0.15, 0.2) is 77.6 Å². The lowest BCUT2D eigenvalue weighted by atomic mass is 10.2. The largest absolute Gasteiger partial charge is 0.455 e. The molecule has 0 radical (unpaired) electrons. The highest BCUT2D eigenvalue weighted by atomic mass is 35.5. The molecule has 0 unspecified atom stereocenters. The lowest BCUT2D eigenvalue weighted by Gasteiger charge is -2.17. The third kappa shape index (κ3) is 3.23. The van der Waals surface area contributed by atoms with E-state index in [9.17, 15) is 4.79 Å². The third-order valence-corrected chi connectivity index (χ3v) is 4.27. The summed E-state index contributed by atoms with van der Waals surface area (Å²) < 4.78 is 7.32. The molecular formula is C20H15ClN4O2. The molecule has 0 saturated heterocycles. The Morgan fingerprint density at radius 2 is 1.74 bits per heavy atom. The Morgan fingerprint density at radius 1 is 1.00 bits per heavy atom. The van der Waals surface area contributed by atoms with E-state index in [1.165, 1.54) is 4.57 Å². The van der Waals surface area contributed by atoms with Crippen molar-refractivity contribution in [2.45, 2.75) is 0 Å². The number of nitrogens with two attached hydrogens (primary N) is 1. The zero-order chi connectivity index (χ0) is 18.8. The van der Waals surface area contributed by atoms with E-state index in [-0.39, 0.29) is 11.5 Å². The molecule has 0 amide bonds. The summed E-state index contributed by atoms with van der Waals surface area (Å²) >= 11 is 6.19. The number of nitrogen functional groups attached to an aromatic ring is 1. The van der Waals surface area contributed by atoms with Gasteiger partial charge in [-0.2, -0.15) is 0 Å². The topological polar surface area (TPSA) is 82.2 Å². The number of rotatable bonds is 4. The van der Waals surface area contributed by atoms with Crippen LogP contribution >= 0.6 is 11.6 Å². The number of hydrogen-bond acceptors (Lipinski definition) is 5. The van der Waals surface area contributed by atoms with Gasteiger partial charge in [0.15, 0.2) is 5.75 Å². The highest BCUT2D eigenvalue weighted by Gasteiger charge is 2.16. The SMILES string of the molecule is NNc1nc2ccccc2c(=O)n1-c1cc(Cl)ccc1Oc1ccccc1. The summed E-state index contributed by atoms with van der Waals surface area (Å²) in [5.74, 6) is 6.90. The second-order valence-electron chi connectivity index (χ2n) is 5.76. The van der Waals surface area contributed by atoms with E-state index in [2.05, 4.69) is 10.4 Å². The third-order valence-electron chi connectivity index (χ3n) is 4.04. The number of nitrogens with one attached hydrogen (secondary N) is 1. The normalized spacial score (nSPS) is 10.7. The Labute approximate surface area is 159 Å². The number of fused-ring (bicyclic) bond motifs is 1. The standard InChI is InChI=1S/C20H15ClN4O2/c21-13-10-11-18(27-14-6-2-1-3-7-14)17(12-13)25-19(26)15-8-4-5-9-16(15)23-20(25)24-22/h1-12H,22H2,(H,23,24). The molecule has 1 heterocycles. The molecular weight excluding hydrogens is 364 g/mol.